The second-order valence-corrected chi connectivity index (χ2v) is 8.01. The number of amides is 1. The Bertz CT molecular complexity index is 945. The molecule has 3 aromatic rings. The standard InChI is InChI=1S/C19H18BrN3OS/c1-11-8-9-17(15(20)10-11)23-18(24)12(2)25-19-14-6-4-5-7-16(14)21-13(3)22-19/h4-10,12H,1-3H3,(H,23,24)/t12-/m1/s1. The number of anilines is 1. The van der Waals surface area contributed by atoms with E-state index in [9.17, 15) is 4.79 Å². The summed E-state index contributed by atoms with van der Waals surface area (Å²) >= 11 is 4.94. The number of benzene rings is 2. The van der Waals surface area contributed by atoms with E-state index >= 15 is 0 Å². The molecule has 3 rings (SSSR count). The molecule has 6 heteroatoms. The molecule has 2 aromatic carbocycles. The zero-order chi connectivity index (χ0) is 18.0. The van der Waals surface area contributed by atoms with Crippen LogP contribution in [0.15, 0.2) is 52.0 Å². The molecule has 0 saturated heterocycles. The number of hydrogen-bond acceptors (Lipinski definition) is 4. The number of thioether (sulfide) groups is 1. The SMILES string of the molecule is Cc1ccc(NC(=O)[C@@H](C)Sc2nc(C)nc3ccccc23)c(Br)c1. The van der Waals surface area contributed by atoms with Gasteiger partial charge in [0.2, 0.25) is 5.91 Å². The molecule has 1 aromatic heterocycles. The molecule has 0 saturated carbocycles. The second kappa shape index (κ2) is 7.54. The fraction of sp³-hybridized carbons (Fsp3) is 0.211. The van der Waals surface area contributed by atoms with Crippen LogP contribution < -0.4 is 5.32 Å². The van der Waals surface area contributed by atoms with E-state index in [2.05, 4.69) is 31.2 Å². The maximum Gasteiger partial charge on any atom is 0.237 e. The summed E-state index contributed by atoms with van der Waals surface area (Å²) < 4.78 is 0.876. The maximum absolute atomic E-state index is 12.6. The van der Waals surface area contributed by atoms with Gasteiger partial charge in [-0.3, -0.25) is 4.79 Å². The van der Waals surface area contributed by atoms with Crippen LogP contribution in [0.2, 0.25) is 0 Å². The third-order valence-corrected chi connectivity index (χ3v) is 5.48. The highest BCUT2D eigenvalue weighted by molar-refractivity contribution is 9.10. The van der Waals surface area contributed by atoms with E-state index < -0.39 is 0 Å². The Balaban J connectivity index is 1.80. The minimum Gasteiger partial charge on any atom is -0.324 e. The van der Waals surface area contributed by atoms with Gasteiger partial charge in [0.05, 0.1) is 16.5 Å². The van der Waals surface area contributed by atoms with Crippen LogP contribution in [0.5, 0.6) is 0 Å². The van der Waals surface area contributed by atoms with E-state index in [1.807, 2.05) is 63.2 Å². The van der Waals surface area contributed by atoms with Gasteiger partial charge >= 0.3 is 0 Å². The van der Waals surface area contributed by atoms with Crippen LogP contribution in [0.4, 0.5) is 5.69 Å². The highest BCUT2D eigenvalue weighted by Crippen LogP contribution is 2.30. The van der Waals surface area contributed by atoms with Crippen molar-refractivity contribution in [2.75, 3.05) is 5.32 Å². The van der Waals surface area contributed by atoms with Gasteiger partial charge < -0.3 is 5.32 Å². The van der Waals surface area contributed by atoms with E-state index in [-0.39, 0.29) is 11.2 Å². The number of nitrogens with one attached hydrogen (secondary N) is 1. The quantitative estimate of drug-likeness (QED) is 0.473. The molecular weight excluding hydrogens is 398 g/mol. The Kier molecular flexibility index (Phi) is 5.39. The normalized spacial score (nSPS) is 12.2. The summed E-state index contributed by atoms with van der Waals surface area (Å²) in [7, 11) is 0. The van der Waals surface area contributed by atoms with Gasteiger partial charge in [0.1, 0.15) is 10.9 Å². The Morgan fingerprint density at radius 1 is 1.16 bits per heavy atom. The van der Waals surface area contributed by atoms with Gasteiger partial charge in [-0.2, -0.15) is 0 Å². The zero-order valence-electron chi connectivity index (χ0n) is 14.2. The predicted octanol–water partition coefficient (Wildman–Crippen LogP) is 5.13. The van der Waals surface area contributed by atoms with Gasteiger partial charge in [0.25, 0.3) is 0 Å². The lowest BCUT2D eigenvalue weighted by Gasteiger charge is -2.14. The largest absolute Gasteiger partial charge is 0.324 e. The van der Waals surface area contributed by atoms with Gasteiger partial charge in [0.15, 0.2) is 0 Å². The molecule has 25 heavy (non-hydrogen) atoms. The Morgan fingerprint density at radius 2 is 1.92 bits per heavy atom. The number of hydrogen-bond donors (Lipinski definition) is 1. The van der Waals surface area contributed by atoms with E-state index in [4.69, 9.17) is 0 Å². The molecule has 0 aliphatic rings. The van der Waals surface area contributed by atoms with Crippen LogP contribution in [0.1, 0.15) is 18.3 Å². The smallest absolute Gasteiger partial charge is 0.237 e. The first-order valence-corrected chi connectivity index (χ1v) is 9.58. The molecule has 128 valence electrons. The lowest BCUT2D eigenvalue weighted by molar-refractivity contribution is -0.115. The molecule has 1 atom stereocenters. The second-order valence-electron chi connectivity index (χ2n) is 5.83. The van der Waals surface area contributed by atoms with Crippen molar-refractivity contribution in [3.05, 3.63) is 58.3 Å². The molecule has 1 amide bonds. The topological polar surface area (TPSA) is 54.9 Å². The molecule has 0 fully saturated rings. The average molecular weight is 416 g/mol. The van der Waals surface area contributed by atoms with E-state index in [0.717, 1.165) is 31.7 Å². The van der Waals surface area contributed by atoms with Crippen molar-refractivity contribution in [3.63, 3.8) is 0 Å². The Morgan fingerprint density at radius 3 is 2.68 bits per heavy atom. The summed E-state index contributed by atoms with van der Waals surface area (Å²) in [4.78, 5) is 21.5. The molecule has 0 unspecified atom stereocenters. The first-order chi connectivity index (χ1) is 11.9. The zero-order valence-corrected chi connectivity index (χ0v) is 16.6. The summed E-state index contributed by atoms with van der Waals surface area (Å²) in [6.07, 6.45) is 0. The fourth-order valence-corrected chi connectivity index (χ4v) is 4.00. The van der Waals surface area contributed by atoms with Crippen molar-refractivity contribution in [2.45, 2.75) is 31.0 Å². The fourth-order valence-electron chi connectivity index (χ4n) is 2.43. The third-order valence-electron chi connectivity index (χ3n) is 3.72. The molecule has 0 bridgehead atoms. The number of fused-ring (bicyclic) bond motifs is 1. The molecule has 0 aliphatic heterocycles. The maximum atomic E-state index is 12.6. The van der Waals surface area contributed by atoms with Crippen LogP contribution in [0, 0.1) is 13.8 Å². The summed E-state index contributed by atoms with van der Waals surface area (Å²) in [6.45, 7) is 5.76. The number of carbonyl (C=O) groups excluding carboxylic acids is 1. The van der Waals surface area contributed by atoms with E-state index in [1.54, 1.807) is 0 Å². The first-order valence-electron chi connectivity index (χ1n) is 7.91. The molecule has 0 spiro atoms. The van der Waals surface area contributed by atoms with E-state index in [0.29, 0.717) is 5.82 Å². The molecule has 0 aliphatic carbocycles. The summed E-state index contributed by atoms with van der Waals surface area (Å²) in [6, 6.07) is 13.7. The van der Waals surface area contributed by atoms with Crippen molar-refractivity contribution < 1.29 is 4.79 Å². The number of aromatic nitrogens is 2. The number of nitrogens with zero attached hydrogens (tertiary/aromatic N) is 2. The lowest BCUT2D eigenvalue weighted by Crippen LogP contribution is -2.22. The van der Waals surface area contributed by atoms with Gasteiger partial charge in [-0.25, -0.2) is 9.97 Å². The molecule has 1 heterocycles. The average Bonchev–Trinajstić information content (AvgIpc) is 2.57. The number of aryl methyl sites for hydroxylation is 2. The molecule has 0 radical (unpaired) electrons. The van der Waals surface area contributed by atoms with Crippen molar-refractivity contribution in [2.24, 2.45) is 0 Å². The minimum atomic E-state index is -0.286. The first kappa shape index (κ1) is 17.9. The third kappa shape index (κ3) is 4.19. The number of halogens is 1. The van der Waals surface area contributed by atoms with Crippen LogP contribution in [-0.2, 0) is 4.79 Å². The van der Waals surface area contributed by atoms with Crippen molar-refractivity contribution >= 4 is 50.2 Å². The van der Waals surface area contributed by atoms with Gasteiger partial charge in [-0.1, -0.05) is 36.0 Å². The Hall–Kier alpha value is -1.92. The molecular formula is C19H18BrN3OS. The number of rotatable bonds is 4. The minimum absolute atomic E-state index is 0.0603. The monoisotopic (exact) mass is 415 g/mol. The van der Waals surface area contributed by atoms with Crippen LogP contribution >= 0.6 is 27.7 Å². The predicted molar refractivity (Wildman–Crippen MR) is 107 cm³/mol. The molecule has 1 N–H and O–H groups in total. The summed E-state index contributed by atoms with van der Waals surface area (Å²) in [5.41, 5.74) is 2.80. The van der Waals surface area contributed by atoms with Crippen molar-refractivity contribution in [1.82, 2.24) is 9.97 Å². The van der Waals surface area contributed by atoms with Crippen LogP contribution in [0.3, 0.4) is 0 Å². The highest BCUT2D eigenvalue weighted by atomic mass is 79.9. The van der Waals surface area contributed by atoms with E-state index in [1.165, 1.54) is 11.8 Å². The van der Waals surface area contributed by atoms with Crippen molar-refractivity contribution in [1.29, 1.82) is 0 Å². The van der Waals surface area contributed by atoms with Gasteiger partial charge in [0, 0.05) is 9.86 Å². The van der Waals surface area contributed by atoms with Gasteiger partial charge in [-0.15, -0.1) is 0 Å². The number of para-hydroxylation sites is 1. The number of carbonyl (C=O) groups is 1. The summed E-state index contributed by atoms with van der Waals surface area (Å²) in [5, 5.41) is 4.48. The molecule has 4 nitrogen and oxygen atoms in total. The van der Waals surface area contributed by atoms with Crippen LogP contribution in [-0.4, -0.2) is 21.1 Å². The van der Waals surface area contributed by atoms with Gasteiger partial charge in [-0.05, 0) is 60.5 Å². The van der Waals surface area contributed by atoms with Crippen molar-refractivity contribution in [3.8, 4) is 0 Å². The Labute approximate surface area is 159 Å². The highest BCUT2D eigenvalue weighted by Gasteiger charge is 2.18. The summed E-state index contributed by atoms with van der Waals surface area (Å²) in [5.74, 6) is 0.644. The lowest BCUT2D eigenvalue weighted by atomic mass is 10.2. The van der Waals surface area contributed by atoms with Crippen LogP contribution in [0.25, 0.3) is 10.9 Å².